The molecule has 1 atom stereocenters. The first-order chi connectivity index (χ1) is 7.24. The summed E-state index contributed by atoms with van der Waals surface area (Å²) in [5, 5.41) is 6.25. The summed E-state index contributed by atoms with van der Waals surface area (Å²) in [6, 6.07) is 0. The highest BCUT2D eigenvalue weighted by molar-refractivity contribution is 5.85. The highest BCUT2D eigenvalue weighted by Gasteiger charge is 2.19. The van der Waals surface area contributed by atoms with Crippen molar-refractivity contribution in [3.63, 3.8) is 0 Å². The van der Waals surface area contributed by atoms with Gasteiger partial charge in [0.25, 0.3) is 0 Å². The molecule has 0 aliphatic carbocycles. The molecule has 6 heteroatoms. The van der Waals surface area contributed by atoms with Gasteiger partial charge in [0.15, 0.2) is 0 Å². The van der Waals surface area contributed by atoms with Crippen molar-refractivity contribution in [1.82, 2.24) is 15.5 Å². The van der Waals surface area contributed by atoms with Gasteiger partial charge in [0, 0.05) is 19.6 Å². The number of piperidine rings is 1. The first-order valence-corrected chi connectivity index (χ1v) is 5.91. The minimum absolute atomic E-state index is 0. The van der Waals surface area contributed by atoms with Crippen LogP contribution in [0.4, 0.5) is 0 Å². The normalized spacial score (nSPS) is 19.1. The third kappa shape index (κ3) is 7.82. The molecule has 1 fully saturated rings. The van der Waals surface area contributed by atoms with Crippen LogP contribution in [0.1, 0.15) is 19.8 Å². The summed E-state index contributed by atoms with van der Waals surface area (Å²) in [5.74, 6) is 0.400. The van der Waals surface area contributed by atoms with E-state index in [1.54, 1.807) is 0 Å². The van der Waals surface area contributed by atoms with E-state index < -0.39 is 0 Å². The van der Waals surface area contributed by atoms with Crippen molar-refractivity contribution in [3.05, 3.63) is 0 Å². The van der Waals surface area contributed by atoms with Crippen molar-refractivity contribution in [3.8, 4) is 0 Å². The monoisotopic (exact) mass is 285 g/mol. The molecule has 0 saturated carbocycles. The summed E-state index contributed by atoms with van der Waals surface area (Å²) in [6.45, 7) is 6.74. The largest absolute Gasteiger partial charge is 0.355 e. The van der Waals surface area contributed by atoms with Crippen LogP contribution in [0.25, 0.3) is 0 Å². The van der Waals surface area contributed by atoms with Crippen LogP contribution in [0.2, 0.25) is 0 Å². The molecule has 1 saturated heterocycles. The van der Waals surface area contributed by atoms with Gasteiger partial charge in [-0.1, -0.05) is 6.92 Å². The number of rotatable bonds is 5. The predicted octanol–water partition coefficient (Wildman–Crippen LogP) is 0.897. The first-order valence-electron chi connectivity index (χ1n) is 5.91. The molecule has 2 N–H and O–H groups in total. The smallest absolute Gasteiger partial charge is 0.224 e. The maximum atomic E-state index is 11.7. The number of nitrogens with zero attached hydrogens (tertiary/aromatic N) is 1. The SMILES string of the molecule is CCN(C)CCNC(=O)C1CCCNC1.Cl.Cl. The fourth-order valence-electron chi connectivity index (χ4n) is 1.75. The first kappa shape index (κ1) is 19.3. The van der Waals surface area contributed by atoms with Crippen LogP contribution in [0, 0.1) is 5.92 Å². The topological polar surface area (TPSA) is 44.4 Å². The van der Waals surface area contributed by atoms with Crippen molar-refractivity contribution in [2.75, 3.05) is 39.8 Å². The maximum absolute atomic E-state index is 11.7. The van der Waals surface area contributed by atoms with Crippen LogP contribution in [-0.4, -0.2) is 50.6 Å². The Morgan fingerprint density at radius 3 is 2.71 bits per heavy atom. The zero-order valence-electron chi connectivity index (χ0n) is 10.7. The Morgan fingerprint density at radius 1 is 1.47 bits per heavy atom. The summed E-state index contributed by atoms with van der Waals surface area (Å²) in [6.07, 6.45) is 2.15. The zero-order valence-corrected chi connectivity index (χ0v) is 12.3. The molecule has 1 heterocycles. The van der Waals surface area contributed by atoms with Gasteiger partial charge in [-0.25, -0.2) is 0 Å². The average Bonchev–Trinajstić information content (AvgIpc) is 2.29. The maximum Gasteiger partial charge on any atom is 0.224 e. The fourth-order valence-corrected chi connectivity index (χ4v) is 1.75. The Labute approximate surface area is 117 Å². The molecule has 1 rings (SSSR count). The second-order valence-electron chi connectivity index (χ2n) is 4.23. The summed E-state index contributed by atoms with van der Waals surface area (Å²) in [4.78, 5) is 13.9. The standard InChI is InChI=1S/C11H23N3O.2ClH/c1-3-14(2)8-7-13-11(15)10-5-4-6-12-9-10;;/h10,12H,3-9H2,1-2H3,(H,13,15);2*1H. The van der Waals surface area contributed by atoms with Crippen LogP contribution < -0.4 is 10.6 Å². The lowest BCUT2D eigenvalue weighted by Gasteiger charge is -2.22. The molecule has 0 bridgehead atoms. The number of hydrogen-bond acceptors (Lipinski definition) is 3. The molecule has 4 nitrogen and oxygen atoms in total. The van der Waals surface area contributed by atoms with Crippen molar-refractivity contribution < 1.29 is 4.79 Å². The Hall–Kier alpha value is -0.0300. The number of amides is 1. The van der Waals surface area contributed by atoms with E-state index in [1.807, 2.05) is 0 Å². The lowest BCUT2D eigenvalue weighted by atomic mass is 9.99. The molecular formula is C11H25Cl2N3O. The van der Waals surface area contributed by atoms with Crippen molar-refractivity contribution in [2.45, 2.75) is 19.8 Å². The van der Waals surface area contributed by atoms with Crippen LogP contribution in [0.5, 0.6) is 0 Å². The number of likely N-dealkylation sites (N-methyl/N-ethyl adjacent to an activating group) is 1. The van der Waals surface area contributed by atoms with Crippen LogP contribution >= 0.6 is 24.8 Å². The lowest BCUT2D eigenvalue weighted by molar-refractivity contribution is -0.125. The van der Waals surface area contributed by atoms with Gasteiger partial charge in [-0.2, -0.15) is 0 Å². The van der Waals surface area contributed by atoms with Gasteiger partial charge in [-0.15, -0.1) is 24.8 Å². The number of nitrogens with one attached hydrogen (secondary N) is 2. The summed E-state index contributed by atoms with van der Waals surface area (Å²) in [7, 11) is 2.06. The number of carbonyl (C=O) groups is 1. The molecule has 0 radical (unpaired) electrons. The van der Waals surface area contributed by atoms with Gasteiger partial charge in [-0.3, -0.25) is 4.79 Å². The molecular weight excluding hydrogens is 261 g/mol. The van der Waals surface area contributed by atoms with Crippen LogP contribution in [0.15, 0.2) is 0 Å². The third-order valence-electron chi connectivity index (χ3n) is 3.00. The molecule has 17 heavy (non-hydrogen) atoms. The van der Waals surface area contributed by atoms with E-state index in [0.717, 1.165) is 45.6 Å². The van der Waals surface area contributed by atoms with Crippen molar-refractivity contribution in [1.29, 1.82) is 0 Å². The number of carbonyl (C=O) groups excluding carboxylic acids is 1. The van der Waals surface area contributed by atoms with Gasteiger partial charge in [0.2, 0.25) is 5.91 Å². The van der Waals surface area contributed by atoms with Gasteiger partial charge >= 0.3 is 0 Å². The Morgan fingerprint density at radius 2 is 2.18 bits per heavy atom. The van der Waals surface area contributed by atoms with Gasteiger partial charge in [0.05, 0.1) is 5.92 Å². The lowest BCUT2D eigenvalue weighted by Crippen LogP contribution is -2.42. The second kappa shape index (κ2) is 11.1. The van der Waals surface area contributed by atoms with E-state index in [-0.39, 0.29) is 36.6 Å². The van der Waals surface area contributed by atoms with E-state index in [0.29, 0.717) is 0 Å². The summed E-state index contributed by atoms with van der Waals surface area (Å²) in [5.41, 5.74) is 0. The molecule has 1 aliphatic rings. The minimum atomic E-state index is 0. The highest BCUT2D eigenvalue weighted by Crippen LogP contribution is 2.09. The summed E-state index contributed by atoms with van der Waals surface area (Å²) >= 11 is 0. The molecule has 0 aromatic rings. The van der Waals surface area contributed by atoms with Crippen LogP contribution in [-0.2, 0) is 4.79 Å². The molecule has 0 spiro atoms. The molecule has 1 aliphatic heterocycles. The Balaban J connectivity index is 0. The molecule has 0 aromatic carbocycles. The third-order valence-corrected chi connectivity index (χ3v) is 3.00. The van der Waals surface area contributed by atoms with Gasteiger partial charge in [-0.05, 0) is 33.0 Å². The number of halogens is 2. The average molecular weight is 286 g/mol. The van der Waals surface area contributed by atoms with E-state index in [9.17, 15) is 4.79 Å². The van der Waals surface area contributed by atoms with Gasteiger partial charge in [0.1, 0.15) is 0 Å². The van der Waals surface area contributed by atoms with E-state index in [4.69, 9.17) is 0 Å². The number of hydrogen-bond donors (Lipinski definition) is 2. The predicted molar refractivity (Wildman–Crippen MR) is 76.3 cm³/mol. The van der Waals surface area contributed by atoms with E-state index >= 15 is 0 Å². The zero-order chi connectivity index (χ0) is 11.1. The summed E-state index contributed by atoms with van der Waals surface area (Å²) < 4.78 is 0. The minimum Gasteiger partial charge on any atom is -0.355 e. The second-order valence-corrected chi connectivity index (χ2v) is 4.23. The Bertz CT molecular complexity index is 199. The van der Waals surface area contributed by atoms with Crippen molar-refractivity contribution >= 4 is 30.7 Å². The molecule has 1 unspecified atom stereocenters. The molecule has 0 aromatic heterocycles. The Kier molecular flexibility index (Phi) is 12.6. The van der Waals surface area contributed by atoms with E-state index in [1.165, 1.54) is 0 Å². The molecule has 1 amide bonds. The van der Waals surface area contributed by atoms with Crippen LogP contribution in [0.3, 0.4) is 0 Å². The highest BCUT2D eigenvalue weighted by atomic mass is 35.5. The fraction of sp³-hybridized carbons (Fsp3) is 0.909. The van der Waals surface area contributed by atoms with Gasteiger partial charge < -0.3 is 15.5 Å². The molecule has 104 valence electrons. The van der Waals surface area contributed by atoms with E-state index in [2.05, 4.69) is 29.5 Å². The quantitative estimate of drug-likeness (QED) is 0.789. The van der Waals surface area contributed by atoms with Crippen molar-refractivity contribution in [2.24, 2.45) is 5.92 Å².